The molecule has 3 aromatic carbocycles. The molecule has 0 saturated heterocycles. The number of hydrogen-bond donors (Lipinski definition) is 1. The van der Waals surface area contributed by atoms with Crippen molar-refractivity contribution in [2.45, 2.75) is 19.4 Å². The summed E-state index contributed by atoms with van der Waals surface area (Å²) in [5, 5.41) is 3.37. The maximum atomic E-state index is 5.53. The number of benzene rings is 3. The van der Waals surface area contributed by atoms with Crippen LogP contribution in [0.3, 0.4) is 0 Å². The third kappa shape index (κ3) is 6.10. The van der Waals surface area contributed by atoms with Gasteiger partial charge in [0.25, 0.3) is 0 Å². The Morgan fingerprint density at radius 2 is 1.73 bits per heavy atom. The highest BCUT2D eigenvalue weighted by Gasteiger charge is 2.07. The highest BCUT2D eigenvalue weighted by molar-refractivity contribution is 7.80. The third-order valence-electron chi connectivity index (χ3n) is 4.70. The van der Waals surface area contributed by atoms with Crippen LogP contribution in [0.5, 0.6) is 11.5 Å². The molecule has 3 nitrogen and oxygen atoms in total. The Kier molecular flexibility index (Phi) is 7.88. The summed E-state index contributed by atoms with van der Waals surface area (Å²) in [6.45, 7) is 0.927. The van der Waals surface area contributed by atoms with Crippen LogP contribution < -0.4 is 14.8 Å². The van der Waals surface area contributed by atoms with Crippen LogP contribution in [0.1, 0.15) is 17.5 Å². The zero-order valence-corrected chi connectivity index (χ0v) is 17.9. The van der Waals surface area contributed by atoms with Gasteiger partial charge in [-0.05, 0) is 46.9 Å². The molecular formula is C26H25NO2S. The van der Waals surface area contributed by atoms with Gasteiger partial charge in [0.2, 0.25) is 0 Å². The van der Waals surface area contributed by atoms with E-state index in [0.29, 0.717) is 18.0 Å². The fraction of sp³-hybridized carbons (Fsp3) is 0.192. The average Bonchev–Trinajstić information content (AvgIpc) is 2.81. The van der Waals surface area contributed by atoms with Gasteiger partial charge in [-0.3, -0.25) is 0 Å². The van der Waals surface area contributed by atoms with Gasteiger partial charge in [-0.15, -0.1) is 6.42 Å². The molecule has 0 unspecified atom stereocenters. The molecule has 30 heavy (non-hydrogen) atoms. The minimum Gasteiger partial charge on any atom is -0.493 e. The zero-order valence-electron chi connectivity index (χ0n) is 17.1. The Balaban J connectivity index is 1.53. The second kappa shape index (κ2) is 11.0. The lowest BCUT2D eigenvalue weighted by atomic mass is 10.0. The van der Waals surface area contributed by atoms with Crippen LogP contribution in [0.15, 0.2) is 72.8 Å². The van der Waals surface area contributed by atoms with Crippen molar-refractivity contribution in [2.24, 2.45) is 0 Å². The first-order chi connectivity index (χ1) is 14.7. The van der Waals surface area contributed by atoms with E-state index in [1.807, 2.05) is 24.3 Å². The number of methoxy groups -OCH3 is 1. The molecule has 0 heterocycles. The van der Waals surface area contributed by atoms with Crippen LogP contribution in [-0.2, 0) is 13.0 Å². The molecule has 0 atom stereocenters. The van der Waals surface area contributed by atoms with E-state index in [4.69, 9.17) is 28.1 Å². The van der Waals surface area contributed by atoms with Crippen molar-refractivity contribution in [3.63, 3.8) is 0 Å². The van der Waals surface area contributed by atoms with E-state index in [0.717, 1.165) is 23.4 Å². The van der Waals surface area contributed by atoms with E-state index in [2.05, 4.69) is 59.8 Å². The van der Waals surface area contributed by atoms with Gasteiger partial charge >= 0.3 is 0 Å². The molecule has 0 aliphatic heterocycles. The SMILES string of the molecule is C#CCOc1ccc(CCC(=S)NCc2cccc(-c3ccccc3)c2)cc1OC. The topological polar surface area (TPSA) is 30.5 Å². The molecule has 0 aliphatic carbocycles. The minimum atomic E-state index is 0.217. The summed E-state index contributed by atoms with van der Waals surface area (Å²) in [5.41, 5.74) is 4.76. The lowest BCUT2D eigenvalue weighted by Crippen LogP contribution is -2.21. The predicted molar refractivity (Wildman–Crippen MR) is 127 cm³/mol. The minimum absolute atomic E-state index is 0.217. The standard InChI is InChI=1S/C26H25NO2S/c1-3-16-29-24-14-12-20(18-25(24)28-2)13-15-26(30)27-19-21-8-7-11-23(17-21)22-9-5-4-6-10-22/h1,4-12,14,17-18H,13,15-16,19H2,2H3,(H,27,30). The molecule has 4 heteroatoms. The molecule has 3 aromatic rings. The molecule has 3 rings (SSSR count). The van der Waals surface area contributed by atoms with E-state index in [-0.39, 0.29) is 6.61 Å². The van der Waals surface area contributed by atoms with Crippen LogP contribution in [-0.4, -0.2) is 18.7 Å². The number of nitrogens with one attached hydrogen (secondary N) is 1. The Morgan fingerprint density at radius 3 is 2.50 bits per heavy atom. The summed E-state index contributed by atoms with van der Waals surface area (Å²) >= 11 is 5.53. The molecule has 0 bridgehead atoms. The zero-order chi connectivity index (χ0) is 21.2. The van der Waals surface area contributed by atoms with Crippen molar-refractivity contribution in [1.29, 1.82) is 0 Å². The number of rotatable bonds is 9. The monoisotopic (exact) mass is 415 g/mol. The van der Waals surface area contributed by atoms with Gasteiger partial charge < -0.3 is 14.8 Å². The third-order valence-corrected chi connectivity index (χ3v) is 5.05. The van der Waals surface area contributed by atoms with Crippen LogP contribution in [0.2, 0.25) is 0 Å². The van der Waals surface area contributed by atoms with E-state index in [1.54, 1.807) is 7.11 Å². The highest BCUT2D eigenvalue weighted by atomic mass is 32.1. The quantitative estimate of drug-likeness (QED) is 0.373. The summed E-state index contributed by atoms with van der Waals surface area (Å²) in [7, 11) is 1.62. The Bertz CT molecular complexity index is 1020. The van der Waals surface area contributed by atoms with Gasteiger partial charge in [0.1, 0.15) is 6.61 Å². The smallest absolute Gasteiger partial charge is 0.162 e. The van der Waals surface area contributed by atoms with Crippen molar-refractivity contribution in [1.82, 2.24) is 5.32 Å². The van der Waals surface area contributed by atoms with E-state index < -0.39 is 0 Å². The van der Waals surface area contributed by atoms with Crippen molar-refractivity contribution in [2.75, 3.05) is 13.7 Å². The molecule has 0 radical (unpaired) electrons. The van der Waals surface area contributed by atoms with Crippen molar-refractivity contribution in [3.05, 3.63) is 83.9 Å². The summed E-state index contributed by atoms with van der Waals surface area (Å²) in [4.78, 5) is 0.840. The molecule has 0 aromatic heterocycles. The van der Waals surface area contributed by atoms with Crippen molar-refractivity contribution >= 4 is 17.2 Å². The van der Waals surface area contributed by atoms with Crippen LogP contribution >= 0.6 is 12.2 Å². The van der Waals surface area contributed by atoms with Gasteiger partial charge in [0.05, 0.1) is 12.1 Å². The molecule has 0 amide bonds. The number of terminal acetylenes is 1. The highest BCUT2D eigenvalue weighted by Crippen LogP contribution is 2.28. The fourth-order valence-corrected chi connectivity index (χ4v) is 3.32. The molecule has 0 saturated carbocycles. The summed E-state index contributed by atoms with van der Waals surface area (Å²) < 4.78 is 10.9. The second-order valence-electron chi connectivity index (χ2n) is 6.82. The maximum absolute atomic E-state index is 5.53. The van der Waals surface area contributed by atoms with Gasteiger partial charge in [-0.1, -0.05) is 72.7 Å². The van der Waals surface area contributed by atoms with E-state index >= 15 is 0 Å². The number of ether oxygens (including phenoxy) is 2. The summed E-state index contributed by atoms with van der Waals surface area (Å²) in [6.07, 6.45) is 6.84. The maximum Gasteiger partial charge on any atom is 0.162 e. The first-order valence-corrected chi connectivity index (χ1v) is 10.2. The number of thiocarbonyl (C=S) groups is 1. The fourth-order valence-electron chi connectivity index (χ4n) is 3.14. The second-order valence-corrected chi connectivity index (χ2v) is 7.31. The van der Waals surface area contributed by atoms with E-state index in [1.165, 1.54) is 16.7 Å². The van der Waals surface area contributed by atoms with Crippen LogP contribution in [0, 0.1) is 12.3 Å². The van der Waals surface area contributed by atoms with Crippen molar-refractivity contribution in [3.8, 4) is 35.0 Å². The summed E-state index contributed by atoms with van der Waals surface area (Å²) in [5.74, 6) is 3.79. The largest absolute Gasteiger partial charge is 0.493 e. The van der Waals surface area contributed by atoms with Gasteiger partial charge in [-0.2, -0.15) is 0 Å². The molecule has 152 valence electrons. The molecule has 1 N–H and O–H groups in total. The summed E-state index contributed by atoms with van der Waals surface area (Å²) in [6, 6.07) is 24.8. The molecular weight excluding hydrogens is 390 g/mol. The number of aryl methyl sites for hydroxylation is 1. The first kappa shape index (κ1) is 21.4. The van der Waals surface area contributed by atoms with Crippen LogP contribution in [0.25, 0.3) is 11.1 Å². The molecule has 0 spiro atoms. The Labute approximate surface area is 184 Å². The molecule has 0 aliphatic rings. The van der Waals surface area contributed by atoms with Crippen LogP contribution in [0.4, 0.5) is 0 Å². The van der Waals surface area contributed by atoms with Gasteiger partial charge in [-0.25, -0.2) is 0 Å². The van der Waals surface area contributed by atoms with E-state index in [9.17, 15) is 0 Å². The molecule has 0 fully saturated rings. The Morgan fingerprint density at radius 1 is 0.933 bits per heavy atom. The van der Waals surface area contributed by atoms with Gasteiger partial charge in [0.15, 0.2) is 11.5 Å². The number of hydrogen-bond acceptors (Lipinski definition) is 3. The normalized spacial score (nSPS) is 10.1. The Hall–Kier alpha value is -3.29. The predicted octanol–water partition coefficient (Wildman–Crippen LogP) is 5.42. The first-order valence-electron chi connectivity index (χ1n) is 9.84. The lowest BCUT2D eigenvalue weighted by Gasteiger charge is -2.12. The van der Waals surface area contributed by atoms with Crippen molar-refractivity contribution < 1.29 is 9.47 Å². The lowest BCUT2D eigenvalue weighted by molar-refractivity contribution is 0.330. The average molecular weight is 416 g/mol. The van der Waals surface area contributed by atoms with Gasteiger partial charge in [0, 0.05) is 13.0 Å².